The number of ether oxygens (including phenoxy) is 3. The Hall–Kier alpha value is -4.06. The van der Waals surface area contributed by atoms with Gasteiger partial charge < -0.3 is 39.9 Å². The van der Waals surface area contributed by atoms with E-state index in [9.17, 15) is 43.5 Å². The first-order valence-corrected chi connectivity index (χ1v) is 28.6. The van der Waals surface area contributed by atoms with Crippen LogP contribution in [0.25, 0.3) is 0 Å². The predicted octanol–water partition coefficient (Wildman–Crippen LogP) is 10.7. The number of hydrogen-bond acceptors (Lipinski definition) is 15. The summed E-state index contributed by atoms with van der Waals surface area (Å²) in [5.41, 5.74) is 4.58. The number of aromatic nitrogens is 2. The van der Waals surface area contributed by atoms with E-state index in [1.54, 1.807) is 6.08 Å². The molecule has 7 unspecified atom stereocenters. The first kappa shape index (κ1) is 64.1. The monoisotopic (exact) mass is 1050 g/mol. The molecule has 20 heteroatoms. The number of esters is 2. The van der Waals surface area contributed by atoms with Gasteiger partial charge in [-0.15, -0.1) is 0 Å². The molecule has 0 radical (unpaired) electrons. The summed E-state index contributed by atoms with van der Waals surface area (Å²) in [6, 6.07) is 1.24. The zero-order valence-corrected chi connectivity index (χ0v) is 44.2. The molecule has 0 bridgehead atoms. The lowest BCUT2D eigenvalue weighted by molar-refractivity contribution is -0.161. The third-order valence-corrected chi connectivity index (χ3v) is 13.6. The number of allylic oxidation sites excluding steroid dienone is 14. The summed E-state index contributed by atoms with van der Waals surface area (Å²) in [6.07, 6.45) is 42.5. The molecule has 1 saturated heterocycles. The third-order valence-electron chi connectivity index (χ3n) is 11.0. The van der Waals surface area contributed by atoms with Gasteiger partial charge in [-0.3, -0.25) is 23.2 Å². The van der Waals surface area contributed by atoms with Crippen molar-refractivity contribution in [2.24, 2.45) is 0 Å². The van der Waals surface area contributed by atoms with Crippen LogP contribution in [0.2, 0.25) is 0 Å². The van der Waals surface area contributed by atoms with Crippen LogP contribution in [0, 0.1) is 0 Å². The lowest BCUT2D eigenvalue weighted by atomic mass is 10.1. The van der Waals surface area contributed by atoms with Gasteiger partial charge in [-0.1, -0.05) is 150 Å². The summed E-state index contributed by atoms with van der Waals surface area (Å²) in [7, 11) is -10.9. The number of phosphoric acid groups is 2. The van der Waals surface area contributed by atoms with E-state index in [4.69, 9.17) is 29.0 Å². The number of carbonyl (C=O) groups is 2. The molecule has 1 aromatic rings. The predicted molar refractivity (Wildman–Crippen MR) is 279 cm³/mol. The molecule has 1 aliphatic heterocycles. The fourth-order valence-corrected chi connectivity index (χ4v) is 9.15. The van der Waals surface area contributed by atoms with E-state index in [0.29, 0.717) is 19.3 Å². The largest absolute Gasteiger partial charge is 0.481 e. The Labute approximate surface area is 427 Å². The molecule has 2 rings (SSSR count). The van der Waals surface area contributed by atoms with Gasteiger partial charge in [0.25, 0.3) is 0 Å². The van der Waals surface area contributed by atoms with Crippen LogP contribution in [-0.4, -0.2) is 85.7 Å². The topological polar surface area (TPSA) is 265 Å². The summed E-state index contributed by atoms with van der Waals surface area (Å²) < 4.78 is 56.7. The maximum absolute atomic E-state index is 12.8. The Kier molecular flexibility index (Phi) is 35.1. The number of carbonyl (C=O) groups excluding carboxylic acids is 2. The Morgan fingerprint density at radius 1 is 0.681 bits per heavy atom. The average molecular weight is 1050 g/mol. The minimum Gasteiger partial charge on any atom is -0.462 e. The van der Waals surface area contributed by atoms with Crippen LogP contribution in [0.15, 0.2) is 102 Å². The van der Waals surface area contributed by atoms with Gasteiger partial charge in [0, 0.05) is 19.0 Å². The smallest absolute Gasteiger partial charge is 0.462 e. The molecule has 2 heterocycles. The number of hydrogen-bond donors (Lipinski definition) is 5. The molecule has 18 nitrogen and oxygen atoms in total. The van der Waals surface area contributed by atoms with E-state index in [1.165, 1.54) is 44.6 Å². The molecule has 0 spiro atoms. The molecule has 6 N–H and O–H groups in total. The van der Waals surface area contributed by atoms with Crippen molar-refractivity contribution >= 4 is 33.4 Å². The quantitative estimate of drug-likeness (QED) is 0.0177. The number of aliphatic hydroxyl groups is 2. The summed E-state index contributed by atoms with van der Waals surface area (Å²) in [4.78, 5) is 61.9. The molecule has 0 saturated carbocycles. The van der Waals surface area contributed by atoms with E-state index < -0.39 is 83.7 Å². The molecule has 1 aliphatic rings. The minimum absolute atomic E-state index is 0.0807. The standard InChI is InChI=1S/C52H83N3O15P2/c1-3-5-7-9-11-13-15-17-19-20-21-22-24-26-28-30-32-34-36-38-48(57)68-44(41-65-47(56)37-35-33-31-29-27-25-23-18-16-14-12-10-8-6-4-2)42-66-71(61,62)70-72(63,64)67-43-45-49(58)50(59)51(69-45)55-40-39-46(53)54-52(55)60/h5,7,11,13,17-19,21-23,26,28,32,34,39-40,44-45,49-51,58-59H,3-4,6,8-10,12,14-16,20,24-25,27,29-31,33,35-38,41-43H2,1-2H3,(H,61,62)(H,63,64)(H2,53,54,60). The van der Waals surface area contributed by atoms with Crippen LogP contribution < -0.4 is 11.4 Å². The Balaban J connectivity index is 1.84. The summed E-state index contributed by atoms with van der Waals surface area (Å²) in [6.45, 7) is 1.95. The van der Waals surface area contributed by atoms with Gasteiger partial charge in [0.2, 0.25) is 0 Å². The average Bonchev–Trinajstić information content (AvgIpc) is 3.62. The number of anilines is 1. The van der Waals surface area contributed by atoms with Crippen LogP contribution in [0.1, 0.15) is 161 Å². The lowest BCUT2D eigenvalue weighted by Gasteiger charge is -2.21. The zero-order valence-electron chi connectivity index (χ0n) is 42.4. The minimum atomic E-state index is -5.44. The van der Waals surface area contributed by atoms with Crippen molar-refractivity contribution in [1.82, 2.24) is 9.55 Å². The second-order valence-corrected chi connectivity index (χ2v) is 20.3. The summed E-state index contributed by atoms with van der Waals surface area (Å²) >= 11 is 0. The van der Waals surface area contributed by atoms with Crippen molar-refractivity contribution in [1.29, 1.82) is 0 Å². The zero-order chi connectivity index (χ0) is 52.7. The van der Waals surface area contributed by atoms with Crippen molar-refractivity contribution < 1.29 is 66.3 Å². The molecule has 1 aromatic heterocycles. The van der Waals surface area contributed by atoms with Gasteiger partial charge in [0.05, 0.1) is 13.2 Å². The van der Waals surface area contributed by atoms with Gasteiger partial charge >= 0.3 is 33.3 Å². The lowest BCUT2D eigenvalue weighted by Crippen LogP contribution is -2.36. The normalized spacial score (nSPS) is 19.8. The SMILES string of the molecule is CCC=CCC=CCC=CCC=CCC=CCC=CCCC(=O)OC(COC(=O)CCCCCCCC=CCCCCCCCC)COP(=O)(O)OP(=O)(O)OCC1OC(n2ccc(N)nc2=O)C(O)C1O. The molecule has 1 fully saturated rings. The summed E-state index contributed by atoms with van der Waals surface area (Å²) in [5, 5.41) is 20.9. The molecule has 0 aromatic carbocycles. The maximum Gasteiger partial charge on any atom is 0.481 e. The second-order valence-electron chi connectivity index (χ2n) is 17.3. The summed E-state index contributed by atoms with van der Waals surface area (Å²) in [5.74, 6) is -1.41. The van der Waals surface area contributed by atoms with Crippen molar-refractivity contribution in [2.45, 2.75) is 186 Å². The van der Waals surface area contributed by atoms with E-state index in [2.05, 4.69) is 83.9 Å². The number of nitrogens with zero attached hydrogens (tertiary/aromatic N) is 2. The van der Waals surface area contributed by atoms with E-state index in [-0.39, 0.29) is 18.7 Å². The number of nitrogens with two attached hydrogens (primary N) is 1. The highest BCUT2D eigenvalue weighted by Crippen LogP contribution is 2.60. The van der Waals surface area contributed by atoms with Crippen LogP contribution in [-0.2, 0) is 46.3 Å². The van der Waals surface area contributed by atoms with Gasteiger partial charge in [-0.25, -0.2) is 13.9 Å². The van der Waals surface area contributed by atoms with Gasteiger partial charge in [0.1, 0.15) is 30.7 Å². The number of rotatable bonds is 41. The van der Waals surface area contributed by atoms with E-state index in [0.717, 1.165) is 81.4 Å². The fourth-order valence-electron chi connectivity index (χ4n) is 7.04. The highest BCUT2D eigenvalue weighted by molar-refractivity contribution is 7.61. The first-order chi connectivity index (χ1) is 34.7. The Morgan fingerprint density at radius 3 is 1.76 bits per heavy atom. The molecular weight excluding hydrogens is 969 g/mol. The Morgan fingerprint density at radius 2 is 1.19 bits per heavy atom. The molecule has 406 valence electrons. The molecular formula is C52H83N3O15P2. The van der Waals surface area contributed by atoms with Crippen LogP contribution >= 0.6 is 15.6 Å². The van der Waals surface area contributed by atoms with Crippen LogP contribution in [0.4, 0.5) is 5.82 Å². The van der Waals surface area contributed by atoms with Crippen molar-refractivity contribution in [3.05, 3.63) is 108 Å². The van der Waals surface area contributed by atoms with Gasteiger partial charge in [0.15, 0.2) is 12.3 Å². The highest BCUT2D eigenvalue weighted by Gasteiger charge is 2.46. The fraction of sp³-hybridized carbons (Fsp3) is 0.615. The third kappa shape index (κ3) is 31.5. The highest BCUT2D eigenvalue weighted by atomic mass is 31.3. The van der Waals surface area contributed by atoms with Crippen LogP contribution in [0.3, 0.4) is 0 Å². The van der Waals surface area contributed by atoms with Gasteiger partial charge in [-0.2, -0.15) is 9.29 Å². The Bertz CT molecular complexity index is 2040. The first-order valence-electron chi connectivity index (χ1n) is 25.6. The molecule has 72 heavy (non-hydrogen) atoms. The van der Waals surface area contributed by atoms with E-state index in [1.807, 2.05) is 18.2 Å². The number of nitrogen functional groups attached to an aromatic ring is 1. The second kappa shape index (κ2) is 39.4. The number of phosphoric ester groups is 2. The molecule has 0 amide bonds. The van der Waals surface area contributed by atoms with Crippen molar-refractivity contribution in [3.63, 3.8) is 0 Å². The van der Waals surface area contributed by atoms with Crippen LogP contribution in [0.5, 0.6) is 0 Å². The number of aliphatic hydroxyl groups excluding tert-OH is 2. The molecule has 0 aliphatic carbocycles. The maximum atomic E-state index is 12.8. The number of unbranched alkanes of at least 4 members (excludes halogenated alkanes) is 11. The van der Waals surface area contributed by atoms with E-state index >= 15 is 0 Å². The van der Waals surface area contributed by atoms with Gasteiger partial charge in [-0.05, 0) is 83.1 Å². The van der Waals surface area contributed by atoms with Crippen molar-refractivity contribution in [3.8, 4) is 0 Å². The molecule has 7 atom stereocenters. The van der Waals surface area contributed by atoms with Crippen molar-refractivity contribution in [2.75, 3.05) is 25.6 Å².